The number of rotatable bonds is 4. The van der Waals surface area contributed by atoms with Crippen LogP contribution >= 0.6 is 0 Å². The van der Waals surface area contributed by atoms with Gasteiger partial charge in [-0.15, -0.1) is 0 Å². The van der Waals surface area contributed by atoms with E-state index in [9.17, 15) is 4.79 Å². The summed E-state index contributed by atoms with van der Waals surface area (Å²) in [5.74, 6) is 0.142. The average molecular weight is 228 g/mol. The van der Waals surface area contributed by atoms with Gasteiger partial charge >= 0.3 is 0 Å². The Bertz CT molecular complexity index is 502. The molecule has 1 aromatic carbocycles. The fraction of sp³-hybridized carbons (Fsp3) is 0.286. The molecule has 0 saturated carbocycles. The molecule has 2 aromatic rings. The van der Waals surface area contributed by atoms with Crippen LogP contribution in [0.2, 0.25) is 0 Å². The zero-order chi connectivity index (χ0) is 12.3. The molecule has 0 N–H and O–H groups in total. The summed E-state index contributed by atoms with van der Waals surface area (Å²) in [6, 6.07) is 11.4. The predicted octanol–water partition coefficient (Wildman–Crippen LogP) is 2.48. The minimum Gasteiger partial charge on any atom is -0.294 e. The SMILES string of the molecule is CC(Cc1ccn(C)n1)C(=O)c1ccccc1. The number of carbonyl (C=O) groups excluding carboxylic acids is 1. The smallest absolute Gasteiger partial charge is 0.166 e. The normalized spacial score (nSPS) is 12.4. The molecule has 0 aliphatic carbocycles. The van der Waals surface area contributed by atoms with Crippen molar-refractivity contribution in [2.75, 3.05) is 0 Å². The first-order valence-corrected chi connectivity index (χ1v) is 5.74. The van der Waals surface area contributed by atoms with E-state index in [-0.39, 0.29) is 11.7 Å². The average Bonchev–Trinajstić information content (AvgIpc) is 2.75. The molecular weight excluding hydrogens is 212 g/mol. The number of nitrogens with zero attached hydrogens (tertiary/aromatic N) is 2. The third-order valence-corrected chi connectivity index (χ3v) is 2.79. The Balaban J connectivity index is 2.06. The van der Waals surface area contributed by atoms with Crippen molar-refractivity contribution >= 4 is 5.78 Å². The maximum Gasteiger partial charge on any atom is 0.166 e. The highest BCUT2D eigenvalue weighted by Crippen LogP contribution is 2.13. The van der Waals surface area contributed by atoms with Gasteiger partial charge in [0.2, 0.25) is 0 Å². The van der Waals surface area contributed by atoms with Gasteiger partial charge < -0.3 is 0 Å². The first-order chi connectivity index (χ1) is 8.16. The van der Waals surface area contributed by atoms with E-state index in [1.54, 1.807) is 4.68 Å². The van der Waals surface area contributed by atoms with Gasteiger partial charge in [0.1, 0.15) is 0 Å². The molecule has 17 heavy (non-hydrogen) atoms. The Morgan fingerprint density at radius 1 is 1.29 bits per heavy atom. The minimum atomic E-state index is -0.0349. The van der Waals surface area contributed by atoms with E-state index >= 15 is 0 Å². The minimum absolute atomic E-state index is 0.0349. The summed E-state index contributed by atoms with van der Waals surface area (Å²) in [6.07, 6.45) is 2.59. The van der Waals surface area contributed by atoms with E-state index in [1.807, 2.05) is 56.6 Å². The molecule has 0 spiro atoms. The molecule has 0 amide bonds. The number of aryl methyl sites for hydroxylation is 1. The van der Waals surface area contributed by atoms with Gasteiger partial charge in [0.15, 0.2) is 5.78 Å². The molecule has 88 valence electrons. The molecule has 0 radical (unpaired) electrons. The second-order valence-electron chi connectivity index (χ2n) is 4.32. The van der Waals surface area contributed by atoms with Crippen molar-refractivity contribution in [3.8, 4) is 0 Å². The Morgan fingerprint density at radius 2 is 2.00 bits per heavy atom. The van der Waals surface area contributed by atoms with Crippen LogP contribution < -0.4 is 0 Å². The molecule has 1 unspecified atom stereocenters. The molecule has 1 atom stereocenters. The summed E-state index contributed by atoms with van der Waals surface area (Å²) >= 11 is 0. The van der Waals surface area contributed by atoms with Crippen LogP contribution in [0.1, 0.15) is 23.0 Å². The maximum atomic E-state index is 12.1. The van der Waals surface area contributed by atoms with Gasteiger partial charge in [0, 0.05) is 31.1 Å². The fourth-order valence-electron chi connectivity index (χ4n) is 1.87. The fourth-order valence-corrected chi connectivity index (χ4v) is 1.87. The first-order valence-electron chi connectivity index (χ1n) is 5.74. The van der Waals surface area contributed by atoms with Crippen molar-refractivity contribution in [2.45, 2.75) is 13.3 Å². The van der Waals surface area contributed by atoms with Crippen LogP contribution in [-0.2, 0) is 13.5 Å². The highest BCUT2D eigenvalue weighted by Gasteiger charge is 2.16. The quantitative estimate of drug-likeness (QED) is 0.753. The van der Waals surface area contributed by atoms with Gasteiger partial charge in [-0.3, -0.25) is 9.48 Å². The van der Waals surface area contributed by atoms with Gasteiger partial charge in [0.25, 0.3) is 0 Å². The lowest BCUT2D eigenvalue weighted by Crippen LogP contribution is -2.14. The lowest BCUT2D eigenvalue weighted by atomic mass is 9.95. The van der Waals surface area contributed by atoms with Crippen LogP contribution in [0.25, 0.3) is 0 Å². The third-order valence-electron chi connectivity index (χ3n) is 2.79. The Kier molecular flexibility index (Phi) is 3.38. The summed E-state index contributed by atoms with van der Waals surface area (Å²) in [4.78, 5) is 12.1. The summed E-state index contributed by atoms with van der Waals surface area (Å²) in [5, 5.41) is 4.29. The van der Waals surface area contributed by atoms with Gasteiger partial charge in [-0.05, 0) is 6.07 Å². The molecule has 0 aliphatic heterocycles. The molecule has 0 bridgehead atoms. The van der Waals surface area contributed by atoms with Crippen molar-refractivity contribution in [1.29, 1.82) is 0 Å². The third kappa shape index (κ3) is 2.81. The summed E-state index contributed by atoms with van der Waals surface area (Å²) in [7, 11) is 1.88. The summed E-state index contributed by atoms with van der Waals surface area (Å²) < 4.78 is 1.76. The van der Waals surface area contributed by atoms with E-state index in [0.29, 0.717) is 6.42 Å². The molecule has 3 heteroatoms. The number of benzene rings is 1. The zero-order valence-electron chi connectivity index (χ0n) is 10.1. The Labute approximate surface area is 101 Å². The van der Waals surface area contributed by atoms with E-state index < -0.39 is 0 Å². The van der Waals surface area contributed by atoms with Gasteiger partial charge in [0.05, 0.1) is 5.69 Å². The van der Waals surface area contributed by atoms with Gasteiger partial charge in [-0.25, -0.2) is 0 Å². The second-order valence-corrected chi connectivity index (χ2v) is 4.32. The van der Waals surface area contributed by atoms with Gasteiger partial charge in [-0.1, -0.05) is 37.3 Å². The standard InChI is InChI=1S/C14H16N2O/c1-11(10-13-8-9-16(2)15-13)14(17)12-6-4-3-5-7-12/h3-9,11H,10H2,1-2H3. The van der Waals surface area contributed by atoms with E-state index in [2.05, 4.69) is 5.10 Å². The lowest BCUT2D eigenvalue weighted by Gasteiger charge is -2.08. The lowest BCUT2D eigenvalue weighted by molar-refractivity contribution is 0.0928. The van der Waals surface area contributed by atoms with Crippen LogP contribution in [-0.4, -0.2) is 15.6 Å². The second kappa shape index (κ2) is 4.95. The first kappa shape index (κ1) is 11.6. The Morgan fingerprint density at radius 3 is 2.59 bits per heavy atom. The summed E-state index contributed by atoms with van der Waals surface area (Å²) in [5.41, 5.74) is 1.74. The maximum absolute atomic E-state index is 12.1. The molecule has 3 nitrogen and oxygen atoms in total. The molecule has 1 heterocycles. The highest BCUT2D eigenvalue weighted by molar-refractivity contribution is 5.97. The highest BCUT2D eigenvalue weighted by atomic mass is 16.1. The van der Waals surface area contributed by atoms with Crippen molar-refractivity contribution in [1.82, 2.24) is 9.78 Å². The van der Waals surface area contributed by atoms with E-state index in [1.165, 1.54) is 0 Å². The number of hydrogen-bond acceptors (Lipinski definition) is 2. The Hall–Kier alpha value is -1.90. The van der Waals surface area contributed by atoms with Crippen LogP contribution in [0.15, 0.2) is 42.6 Å². The molecule has 0 fully saturated rings. The van der Waals surface area contributed by atoms with Crippen molar-refractivity contribution < 1.29 is 4.79 Å². The van der Waals surface area contributed by atoms with Crippen LogP contribution in [0.3, 0.4) is 0 Å². The van der Waals surface area contributed by atoms with Crippen molar-refractivity contribution in [2.24, 2.45) is 13.0 Å². The molecule has 2 rings (SSSR count). The number of ketones is 1. The van der Waals surface area contributed by atoms with E-state index in [4.69, 9.17) is 0 Å². The number of aromatic nitrogens is 2. The van der Waals surface area contributed by atoms with Crippen LogP contribution in [0, 0.1) is 5.92 Å². The van der Waals surface area contributed by atoms with Gasteiger partial charge in [-0.2, -0.15) is 5.10 Å². The van der Waals surface area contributed by atoms with Crippen LogP contribution in [0.5, 0.6) is 0 Å². The molecule has 0 aliphatic rings. The molecule has 0 saturated heterocycles. The largest absolute Gasteiger partial charge is 0.294 e. The topological polar surface area (TPSA) is 34.9 Å². The number of carbonyl (C=O) groups is 1. The van der Waals surface area contributed by atoms with E-state index in [0.717, 1.165) is 11.3 Å². The number of Topliss-reactive ketones (excluding diaryl/α,β-unsaturated/α-hetero) is 1. The summed E-state index contributed by atoms with van der Waals surface area (Å²) in [6.45, 7) is 1.95. The molecule has 1 aromatic heterocycles. The van der Waals surface area contributed by atoms with Crippen molar-refractivity contribution in [3.05, 3.63) is 53.9 Å². The predicted molar refractivity (Wildman–Crippen MR) is 66.8 cm³/mol. The van der Waals surface area contributed by atoms with Crippen molar-refractivity contribution in [3.63, 3.8) is 0 Å². The zero-order valence-corrected chi connectivity index (χ0v) is 10.1. The molecular formula is C14H16N2O. The monoisotopic (exact) mass is 228 g/mol. The number of hydrogen-bond donors (Lipinski definition) is 0. The van der Waals surface area contributed by atoms with Crippen LogP contribution in [0.4, 0.5) is 0 Å².